The highest BCUT2D eigenvalue weighted by Gasteiger charge is 2.31. The Kier molecular flexibility index (Phi) is 6.46. The molecule has 5 rings (SSSR count). The van der Waals surface area contributed by atoms with Gasteiger partial charge in [-0.1, -0.05) is 6.07 Å². The number of aromatic amines is 1. The highest BCUT2D eigenvalue weighted by atomic mass is 19.1. The van der Waals surface area contributed by atoms with E-state index in [1.165, 1.54) is 25.0 Å². The Hall–Kier alpha value is -3.10. The van der Waals surface area contributed by atoms with Gasteiger partial charge in [-0.15, -0.1) is 0 Å². The van der Waals surface area contributed by atoms with Gasteiger partial charge in [0, 0.05) is 56.3 Å². The number of hydrogen-bond acceptors (Lipinski definition) is 5. The summed E-state index contributed by atoms with van der Waals surface area (Å²) in [6, 6.07) is 10.2. The number of carbonyl (C=O) groups excluding carboxylic acids is 1. The van der Waals surface area contributed by atoms with Crippen LogP contribution in [-0.4, -0.2) is 63.2 Å². The molecule has 0 spiro atoms. The molecule has 3 aromatic rings. The van der Waals surface area contributed by atoms with Crippen molar-refractivity contribution in [3.63, 3.8) is 0 Å². The summed E-state index contributed by atoms with van der Waals surface area (Å²) in [5, 5.41) is 7.23. The molecule has 1 saturated heterocycles. The molecular formula is C25H28FN5O2. The van der Waals surface area contributed by atoms with Gasteiger partial charge in [-0.05, 0) is 54.7 Å². The number of benzene rings is 1. The molecule has 33 heavy (non-hydrogen) atoms. The van der Waals surface area contributed by atoms with Crippen molar-refractivity contribution in [3.05, 3.63) is 71.9 Å². The van der Waals surface area contributed by atoms with Crippen LogP contribution in [0.4, 0.5) is 4.39 Å². The van der Waals surface area contributed by atoms with Crippen LogP contribution in [0.25, 0.3) is 11.3 Å². The summed E-state index contributed by atoms with van der Waals surface area (Å²) in [5.41, 5.74) is 3.68. The summed E-state index contributed by atoms with van der Waals surface area (Å²) in [6.45, 7) is 3.36. The molecule has 8 heteroatoms. The van der Waals surface area contributed by atoms with Crippen molar-refractivity contribution in [3.8, 4) is 11.3 Å². The van der Waals surface area contributed by atoms with Crippen molar-refractivity contribution in [1.29, 1.82) is 0 Å². The van der Waals surface area contributed by atoms with Gasteiger partial charge in [-0.2, -0.15) is 5.10 Å². The molecule has 0 bridgehead atoms. The third-order valence-electron chi connectivity index (χ3n) is 6.20. The normalized spacial score (nSPS) is 19.6. The van der Waals surface area contributed by atoms with E-state index in [0.29, 0.717) is 38.6 Å². The average Bonchev–Trinajstić information content (AvgIpc) is 3.56. The number of H-pyrrole nitrogens is 1. The summed E-state index contributed by atoms with van der Waals surface area (Å²) < 4.78 is 19.6. The second-order valence-corrected chi connectivity index (χ2v) is 8.98. The second kappa shape index (κ2) is 9.80. The number of nitrogens with one attached hydrogen (secondary N) is 1. The van der Waals surface area contributed by atoms with Crippen molar-refractivity contribution in [2.45, 2.75) is 32.0 Å². The zero-order valence-corrected chi connectivity index (χ0v) is 18.5. The van der Waals surface area contributed by atoms with Crippen LogP contribution in [-0.2, 0) is 22.6 Å². The van der Waals surface area contributed by atoms with Crippen LogP contribution >= 0.6 is 0 Å². The maximum absolute atomic E-state index is 13.4. The van der Waals surface area contributed by atoms with Crippen molar-refractivity contribution in [2.24, 2.45) is 5.92 Å². The molecule has 1 saturated carbocycles. The summed E-state index contributed by atoms with van der Waals surface area (Å²) in [4.78, 5) is 21.4. The zero-order valence-electron chi connectivity index (χ0n) is 18.5. The lowest BCUT2D eigenvalue weighted by Gasteiger charge is -2.25. The molecule has 1 atom stereocenters. The third-order valence-corrected chi connectivity index (χ3v) is 6.20. The number of ether oxygens (including phenoxy) is 1. The highest BCUT2D eigenvalue weighted by molar-refractivity contribution is 5.78. The standard InChI is InChI=1S/C25H28FN5O2/c26-22-7-5-20(6-8-22)25-21(11-28-29-25)13-30-14-23(33-17-18-3-4-18)15-31(24(32)16-30)12-19-2-1-9-27-10-19/h1-2,5-11,18,23H,3-4,12-17H2,(H,28,29)/t23-/m0/s1. The maximum atomic E-state index is 13.4. The number of rotatable bonds is 8. The van der Waals surface area contributed by atoms with Gasteiger partial charge < -0.3 is 9.64 Å². The molecule has 0 radical (unpaired) electrons. The third kappa shape index (κ3) is 5.64. The minimum atomic E-state index is -0.276. The number of pyridine rings is 1. The number of halogens is 1. The van der Waals surface area contributed by atoms with Crippen molar-refractivity contribution in [2.75, 3.05) is 26.2 Å². The summed E-state index contributed by atoms with van der Waals surface area (Å²) in [5.74, 6) is 0.452. The Morgan fingerprint density at radius 2 is 1.94 bits per heavy atom. The molecule has 172 valence electrons. The Morgan fingerprint density at radius 1 is 1.09 bits per heavy atom. The number of aromatic nitrogens is 3. The first-order valence-electron chi connectivity index (χ1n) is 11.4. The molecule has 1 amide bonds. The van der Waals surface area contributed by atoms with Gasteiger partial charge in [0.25, 0.3) is 0 Å². The lowest BCUT2D eigenvalue weighted by molar-refractivity contribution is -0.132. The zero-order chi connectivity index (χ0) is 22.6. The van der Waals surface area contributed by atoms with Gasteiger partial charge in [-0.25, -0.2) is 4.39 Å². The minimum Gasteiger partial charge on any atom is -0.375 e. The Morgan fingerprint density at radius 3 is 2.70 bits per heavy atom. The van der Waals surface area contributed by atoms with E-state index in [0.717, 1.165) is 29.0 Å². The Bertz CT molecular complexity index is 1070. The molecule has 7 nitrogen and oxygen atoms in total. The van der Waals surface area contributed by atoms with Crippen molar-refractivity contribution in [1.82, 2.24) is 25.0 Å². The predicted molar refractivity (Wildman–Crippen MR) is 121 cm³/mol. The van der Waals surface area contributed by atoms with Crippen LogP contribution in [0.3, 0.4) is 0 Å². The molecule has 1 aromatic carbocycles. The Labute approximate surface area is 192 Å². The molecule has 2 aliphatic rings. The average molecular weight is 450 g/mol. The van der Waals surface area contributed by atoms with Gasteiger partial charge in [-0.3, -0.25) is 19.8 Å². The van der Waals surface area contributed by atoms with E-state index in [4.69, 9.17) is 4.74 Å². The Balaban J connectivity index is 1.32. The van der Waals surface area contributed by atoms with Crippen molar-refractivity contribution >= 4 is 5.91 Å². The van der Waals surface area contributed by atoms with Crippen LogP contribution < -0.4 is 0 Å². The topological polar surface area (TPSA) is 74.3 Å². The van der Waals surface area contributed by atoms with Crippen LogP contribution in [0.2, 0.25) is 0 Å². The lowest BCUT2D eigenvalue weighted by Crippen LogP contribution is -2.37. The molecule has 1 aliphatic carbocycles. The predicted octanol–water partition coefficient (Wildman–Crippen LogP) is 3.25. The van der Waals surface area contributed by atoms with Crippen LogP contribution in [0.5, 0.6) is 0 Å². The van der Waals surface area contributed by atoms with Crippen molar-refractivity contribution < 1.29 is 13.9 Å². The van der Waals surface area contributed by atoms with E-state index < -0.39 is 0 Å². The lowest BCUT2D eigenvalue weighted by atomic mass is 10.1. The smallest absolute Gasteiger partial charge is 0.237 e. The number of nitrogens with zero attached hydrogens (tertiary/aromatic N) is 4. The molecule has 1 N–H and O–H groups in total. The fourth-order valence-corrected chi connectivity index (χ4v) is 4.23. The highest BCUT2D eigenvalue weighted by Crippen LogP contribution is 2.30. The van der Waals surface area contributed by atoms with E-state index in [1.807, 2.05) is 17.0 Å². The van der Waals surface area contributed by atoms with Crippen LogP contribution in [0.1, 0.15) is 24.0 Å². The van der Waals surface area contributed by atoms with E-state index in [1.54, 1.807) is 30.7 Å². The first-order chi connectivity index (χ1) is 16.1. The molecule has 2 fully saturated rings. The molecular weight excluding hydrogens is 421 g/mol. The van der Waals surface area contributed by atoms with E-state index in [2.05, 4.69) is 20.1 Å². The summed E-state index contributed by atoms with van der Waals surface area (Å²) in [7, 11) is 0. The van der Waals surface area contributed by atoms with Gasteiger partial charge in [0.2, 0.25) is 5.91 Å². The number of carbonyl (C=O) groups is 1. The van der Waals surface area contributed by atoms with Crippen LogP contribution in [0.15, 0.2) is 55.0 Å². The largest absolute Gasteiger partial charge is 0.375 e. The number of amides is 1. The van der Waals surface area contributed by atoms with E-state index in [9.17, 15) is 9.18 Å². The first-order valence-corrected chi connectivity index (χ1v) is 11.4. The first kappa shape index (κ1) is 21.7. The second-order valence-electron chi connectivity index (χ2n) is 8.98. The molecule has 1 aliphatic heterocycles. The van der Waals surface area contributed by atoms with Gasteiger partial charge in [0.05, 0.1) is 24.5 Å². The quantitative estimate of drug-likeness (QED) is 0.572. The SMILES string of the molecule is O=C1CN(Cc2cn[nH]c2-c2ccc(F)cc2)C[C@H](OCC2CC2)CN1Cc1cccnc1. The van der Waals surface area contributed by atoms with Gasteiger partial charge >= 0.3 is 0 Å². The fraction of sp³-hybridized carbons (Fsp3) is 0.400. The van der Waals surface area contributed by atoms with Gasteiger partial charge in [0.15, 0.2) is 0 Å². The number of hydrogen-bond donors (Lipinski definition) is 1. The van der Waals surface area contributed by atoms with Gasteiger partial charge in [0.1, 0.15) is 5.82 Å². The molecule has 2 aromatic heterocycles. The fourth-order valence-electron chi connectivity index (χ4n) is 4.23. The van der Waals surface area contributed by atoms with Crippen LogP contribution in [0, 0.1) is 11.7 Å². The molecule has 0 unspecified atom stereocenters. The monoisotopic (exact) mass is 449 g/mol. The molecule has 3 heterocycles. The van der Waals surface area contributed by atoms with E-state index >= 15 is 0 Å². The van der Waals surface area contributed by atoms with E-state index in [-0.39, 0.29) is 17.8 Å². The summed E-state index contributed by atoms with van der Waals surface area (Å²) in [6.07, 6.45) is 7.71. The summed E-state index contributed by atoms with van der Waals surface area (Å²) >= 11 is 0. The maximum Gasteiger partial charge on any atom is 0.237 e. The minimum absolute atomic E-state index is 0.0603.